The van der Waals surface area contributed by atoms with Gasteiger partial charge in [0.1, 0.15) is 11.5 Å². The molecule has 2 aromatic carbocycles. The molecule has 0 N–H and O–H groups in total. The van der Waals surface area contributed by atoms with Crippen LogP contribution in [0.15, 0.2) is 48.5 Å². The first kappa shape index (κ1) is 37.3. The zero-order chi connectivity index (χ0) is 31.2. The molecule has 0 bridgehead atoms. The summed E-state index contributed by atoms with van der Waals surface area (Å²) < 4.78 is 40.6. The molecular formula is C32H45Cl2O8P. The summed E-state index contributed by atoms with van der Waals surface area (Å²) >= 11 is 10.9. The largest absolute Gasteiger partial charge is 0.494 e. The summed E-state index contributed by atoms with van der Waals surface area (Å²) in [6, 6.07) is 13.6. The van der Waals surface area contributed by atoms with E-state index in [1.165, 1.54) is 0 Å². The molecule has 2 aromatic rings. The summed E-state index contributed by atoms with van der Waals surface area (Å²) in [4.78, 5) is 22.2. The van der Waals surface area contributed by atoms with Crippen LogP contribution in [-0.4, -0.2) is 43.5 Å². The van der Waals surface area contributed by atoms with E-state index in [-0.39, 0.29) is 6.61 Å². The van der Waals surface area contributed by atoms with Gasteiger partial charge >= 0.3 is 7.82 Å². The Bertz CT molecular complexity index is 1010. The highest BCUT2D eigenvalue weighted by Crippen LogP contribution is 2.49. The summed E-state index contributed by atoms with van der Waals surface area (Å²) in [5.74, 6) is 1.45. The van der Waals surface area contributed by atoms with Crippen molar-refractivity contribution in [1.82, 2.24) is 0 Å². The minimum atomic E-state index is -3.52. The fourth-order valence-electron chi connectivity index (χ4n) is 4.19. The molecule has 11 heteroatoms. The van der Waals surface area contributed by atoms with Gasteiger partial charge in [-0.25, -0.2) is 4.57 Å². The van der Waals surface area contributed by atoms with Gasteiger partial charge in [0.25, 0.3) is 10.5 Å². The Morgan fingerprint density at radius 1 is 0.535 bits per heavy atom. The third kappa shape index (κ3) is 17.2. The summed E-state index contributed by atoms with van der Waals surface area (Å²) in [6.07, 6.45) is 11.9. The van der Waals surface area contributed by atoms with E-state index < -0.39 is 18.3 Å². The van der Waals surface area contributed by atoms with Crippen molar-refractivity contribution in [3.8, 4) is 11.5 Å². The van der Waals surface area contributed by atoms with Gasteiger partial charge in [0.15, 0.2) is 0 Å². The Morgan fingerprint density at radius 3 is 1.19 bits per heavy atom. The second-order valence-electron chi connectivity index (χ2n) is 10.1. The molecule has 0 aliphatic heterocycles. The summed E-state index contributed by atoms with van der Waals surface area (Å²) in [7, 11) is -3.52. The second kappa shape index (κ2) is 22.6. The molecule has 0 amide bonds. The van der Waals surface area contributed by atoms with E-state index in [0.717, 1.165) is 88.5 Å². The highest BCUT2D eigenvalue weighted by atomic mass is 35.5. The van der Waals surface area contributed by atoms with Crippen molar-refractivity contribution in [3.05, 3.63) is 59.7 Å². The van der Waals surface area contributed by atoms with Crippen molar-refractivity contribution in [2.75, 3.05) is 33.0 Å². The maximum absolute atomic E-state index is 12.8. The Labute approximate surface area is 266 Å². The van der Waals surface area contributed by atoms with Crippen LogP contribution in [0.1, 0.15) is 105 Å². The number of phosphoric acid groups is 1. The minimum Gasteiger partial charge on any atom is -0.494 e. The SMILES string of the molecule is CCOP(=O)(OCCCCCCCCOc1ccc(C(=O)Cl)cc1)OCCCCCCCCOc1ccc(C(=O)Cl)cc1. The lowest BCUT2D eigenvalue weighted by molar-refractivity contribution is 0.107. The molecular weight excluding hydrogens is 614 g/mol. The van der Waals surface area contributed by atoms with Crippen LogP contribution in [0.2, 0.25) is 0 Å². The standard InChI is InChI=1S/C32H45Cl2O8P/c1-2-40-43(37,41-25-13-9-5-3-7-11-23-38-29-19-15-27(16-20-29)31(33)35)42-26-14-10-6-4-8-12-24-39-30-21-17-28(18-22-30)32(34)36/h15-22H,2-14,23-26H2,1H3. The van der Waals surface area contributed by atoms with Crippen LogP contribution in [0.4, 0.5) is 0 Å². The third-order valence-electron chi connectivity index (χ3n) is 6.56. The number of carbonyl (C=O) groups excluding carboxylic acids is 2. The zero-order valence-electron chi connectivity index (χ0n) is 25.1. The molecule has 0 aromatic heterocycles. The van der Waals surface area contributed by atoms with Gasteiger partial charge in [-0.1, -0.05) is 51.4 Å². The molecule has 0 aliphatic carbocycles. The molecule has 0 radical (unpaired) electrons. The monoisotopic (exact) mass is 658 g/mol. The molecule has 0 saturated carbocycles. The predicted octanol–water partition coefficient (Wildman–Crippen LogP) is 9.76. The van der Waals surface area contributed by atoms with Gasteiger partial charge in [-0.05, 0) is 104 Å². The van der Waals surface area contributed by atoms with Crippen LogP contribution >= 0.6 is 31.0 Å². The smallest absolute Gasteiger partial charge is 0.474 e. The van der Waals surface area contributed by atoms with Gasteiger partial charge < -0.3 is 9.47 Å². The lowest BCUT2D eigenvalue weighted by Crippen LogP contribution is -2.03. The molecule has 43 heavy (non-hydrogen) atoms. The molecule has 0 aliphatic rings. The van der Waals surface area contributed by atoms with E-state index in [2.05, 4.69) is 0 Å². The van der Waals surface area contributed by atoms with E-state index in [1.807, 2.05) is 0 Å². The normalized spacial score (nSPS) is 11.4. The van der Waals surface area contributed by atoms with Crippen molar-refractivity contribution in [2.24, 2.45) is 0 Å². The van der Waals surface area contributed by atoms with Gasteiger partial charge in [0.05, 0.1) is 33.0 Å². The molecule has 0 fully saturated rings. The van der Waals surface area contributed by atoms with Crippen molar-refractivity contribution in [2.45, 2.75) is 84.0 Å². The topological polar surface area (TPSA) is 97.4 Å². The summed E-state index contributed by atoms with van der Waals surface area (Å²) in [5, 5.41) is -0.951. The lowest BCUT2D eigenvalue weighted by Gasteiger charge is -2.17. The highest BCUT2D eigenvalue weighted by molar-refractivity contribution is 7.48. The molecule has 8 nitrogen and oxygen atoms in total. The number of hydrogen-bond acceptors (Lipinski definition) is 8. The first-order valence-electron chi connectivity index (χ1n) is 15.2. The van der Waals surface area contributed by atoms with Crippen molar-refractivity contribution in [3.63, 3.8) is 0 Å². The Kier molecular flexibility index (Phi) is 19.5. The fourth-order valence-corrected chi connectivity index (χ4v) is 5.69. The lowest BCUT2D eigenvalue weighted by atomic mass is 10.1. The first-order chi connectivity index (χ1) is 20.8. The quantitative estimate of drug-likeness (QED) is 0.0560. The van der Waals surface area contributed by atoms with Crippen molar-refractivity contribution in [1.29, 1.82) is 0 Å². The fraction of sp³-hybridized carbons (Fsp3) is 0.562. The van der Waals surface area contributed by atoms with Crippen LogP contribution in [0.3, 0.4) is 0 Å². The van der Waals surface area contributed by atoms with Crippen LogP contribution in [0.25, 0.3) is 0 Å². The van der Waals surface area contributed by atoms with E-state index in [4.69, 9.17) is 46.2 Å². The third-order valence-corrected chi connectivity index (χ3v) is 8.57. The van der Waals surface area contributed by atoms with Crippen molar-refractivity contribution >= 4 is 41.5 Å². The number of phosphoric ester groups is 1. The first-order valence-corrected chi connectivity index (χ1v) is 17.4. The maximum atomic E-state index is 12.8. The van der Waals surface area contributed by atoms with Gasteiger partial charge in [-0.2, -0.15) is 0 Å². The van der Waals surface area contributed by atoms with Gasteiger partial charge in [-0.3, -0.25) is 23.2 Å². The molecule has 0 atom stereocenters. The number of halogens is 2. The number of benzene rings is 2. The number of carbonyl (C=O) groups is 2. The highest BCUT2D eigenvalue weighted by Gasteiger charge is 2.25. The zero-order valence-corrected chi connectivity index (χ0v) is 27.5. The Morgan fingerprint density at radius 2 is 0.860 bits per heavy atom. The Hall–Kier alpha value is -1.93. The molecule has 0 saturated heterocycles. The van der Waals surface area contributed by atoms with E-state index in [1.54, 1.807) is 55.5 Å². The van der Waals surface area contributed by atoms with E-state index >= 15 is 0 Å². The van der Waals surface area contributed by atoms with Gasteiger partial charge in [0.2, 0.25) is 0 Å². The summed E-state index contributed by atoms with van der Waals surface area (Å²) in [6.45, 7) is 3.98. The Balaban J connectivity index is 1.42. The number of ether oxygens (including phenoxy) is 2. The molecule has 240 valence electrons. The van der Waals surface area contributed by atoms with Gasteiger partial charge in [-0.15, -0.1) is 0 Å². The minimum absolute atomic E-state index is 0.269. The second-order valence-corrected chi connectivity index (χ2v) is 12.4. The van der Waals surface area contributed by atoms with E-state index in [0.29, 0.717) is 37.6 Å². The summed E-state index contributed by atoms with van der Waals surface area (Å²) in [5.41, 5.74) is 0.911. The molecule has 0 unspecified atom stereocenters. The van der Waals surface area contributed by atoms with Gasteiger partial charge in [0, 0.05) is 11.1 Å². The van der Waals surface area contributed by atoms with Crippen LogP contribution < -0.4 is 9.47 Å². The number of unbranched alkanes of at least 4 members (excludes halogenated alkanes) is 10. The maximum Gasteiger partial charge on any atom is 0.474 e. The number of rotatable bonds is 26. The van der Waals surface area contributed by atoms with Crippen LogP contribution in [-0.2, 0) is 18.1 Å². The van der Waals surface area contributed by atoms with Crippen LogP contribution in [0, 0.1) is 0 Å². The molecule has 2 rings (SSSR count). The average Bonchev–Trinajstić information content (AvgIpc) is 2.99. The molecule has 0 spiro atoms. The average molecular weight is 660 g/mol. The van der Waals surface area contributed by atoms with E-state index in [9.17, 15) is 14.2 Å². The predicted molar refractivity (Wildman–Crippen MR) is 171 cm³/mol. The molecule has 0 heterocycles. The van der Waals surface area contributed by atoms with Crippen LogP contribution in [0.5, 0.6) is 11.5 Å². The van der Waals surface area contributed by atoms with Crippen molar-refractivity contribution < 1.29 is 37.2 Å². The number of hydrogen-bond donors (Lipinski definition) is 0.